The van der Waals surface area contributed by atoms with Gasteiger partial charge in [0, 0.05) is 10.1 Å². The largest absolute Gasteiger partial charge is 0.223 e. The maximum absolute atomic E-state index is 13.1. The topological polar surface area (TPSA) is 34.1 Å². The van der Waals surface area contributed by atoms with Crippen molar-refractivity contribution in [3.05, 3.63) is 59.7 Å². The van der Waals surface area contributed by atoms with E-state index in [4.69, 9.17) is 0 Å². The Morgan fingerprint density at radius 1 is 0.833 bits per heavy atom. The highest BCUT2D eigenvalue weighted by molar-refractivity contribution is 8.01. The van der Waals surface area contributed by atoms with Crippen LogP contribution in [0.3, 0.4) is 0 Å². The van der Waals surface area contributed by atoms with Crippen molar-refractivity contribution in [1.29, 1.82) is 0 Å². The molecule has 1 aliphatic carbocycles. The van der Waals surface area contributed by atoms with Crippen LogP contribution >= 0.6 is 11.8 Å². The van der Waals surface area contributed by atoms with E-state index in [0.717, 1.165) is 36.1 Å². The van der Waals surface area contributed by atoms with Crippen LogP contribution in [0.25, 0.3) is 0 Å². The first kappa shape index (κ1) is 17.6. The average Bonchev–Trinajstić information content (AvgIpc) is 2.58. The molecule has 1 saturated carbocycles. The minimum Gasteiger partial charge on any atom is -0.223 e. The summed E-state index contributed by atoms with van der Waals surface area (Å²) in [7, 11) is -3.28. The molecule has 0 radical (unpaired) electrons. The molecular weight excluding hydrogens is 336 g/mol. The molecule has 0 amide bonds. The van der Waals surface area contributed by atoms with Crippen LogP contribution in [0, 0.1) is 13.8 Å². The molecule has 128 valence electrons. The number of hydrogen-bond acceptors (Lipinski definition) is 3. The van der Waals surface area contributed by atoms with Gasteiger partial charge in [0.2, 0.25) is 0 Å². The van der Waals surface area contributed by atoms with Crippen molar-refractivity contribution in [3.63, 3.8) is 0 Å². The Morgan fingerprint density at radius 2 is 1.38 bits per heavy atom. The predicted octanol–water partition coefficient (Wildman–Crippen LogP) is 5.18. The molecule has 2 atom stereocenters. The van der Waals surface area contributed by atoms with E-state index in [0.29, 0.717) is 4.90 Å². The fourth-order valence-electron chi connectivity index (χ4n) is 3.25. The standard InChI is InChI=1S/C20H24O2S2/c1-15-7-11-17(12-8-15)23-19-5-3-4-6-20(19)24(21,22)18-13-9-16(2)10-14-18/h7-14,19-20H,3-6H2,1-2H3. The van der Waals surface area contributed by atoms with Crippen molar-refractivity contribution in [2.45, 2.75) is 59.8 Å². The quantitative estimate of drug-likeness (QED) is 0.753. The molecule has 2 aromatic rings. The van der Waals surface area contributed by atoms with Crippen LogP contribution in [0.5, 0.6) is 0 Å². The number of hydrogen-bond donors (Lipinski definition) is 0. The normalized spacial score (nSPS) is 21.6. The molecule has 1 aliphatic rings. The van der Waals surface area contributed by atoms with Gasteiger partial charge in [0.1, 0.15) is 0 Å². The van der Waals surface area contributed by atoms with E-state index in [2.05, 4.69) is 31.2 Å². The molecule has 0 heterocycles. The molecule has 3 rings (SSSR count). The lowest BCUT2D eigenvalue weighted by molar-refractivity contribution is 0.493. The first-order valence-corrected chi connectivity index (χ1v) is 10.9. The van der Waals surface area contributed by atoms with E-state index in [9.17, 15) is 8.42 Å². The van der Waals surface area contributed by atoms with E-state index >= 15 is 0 Å². The number of thioether (sulfide) groups is 1. The summed E-state index contributed by atoms with van der Waals surface area (Å²) in [4.78, 5) is 1.63. The number of sulfone groups is 1. The first-order chi connectivity index (χ1) is 11.5. The van der Waals surface area contributed by atoms with Crippen molar-refractivity contribution in [1.82, 2.24) is 0 Å². The van der Waals surface area contributed by atoms with Crippen LogP contribution in [0.2, 0.25) is 0 Å². The fourth-order valence-corrected chi connectivity index (χ4v) is 6.95. The molecule has 0 bridgehead atoms. The summed E-state index contributed by atoms with van der Waals surface area (Å²) in [6.07, 6.45) is 3.85. The van der Waals surface area contributed by atoms with E-state index in [-0.39, 0.29) is 10.5 Å². The zero-order valence-electron chi connectivity index (χ0n) is 14.2. The third kappa shape index (κ3) is 3.86. The first-order valence-electron chi connectivity index (χ1n) is 8.51. The maximum atomic E-state index is 13.1. The van der Waals surface area contributed by atoms with Crippen molar-refractivity contribution in [2.24, 2.45) is 0 Å². The van der Waals surface area contributed by atoms with Crippen molar-refractivity contribution in [3.8, 4) is 0 Å². The van der Waals surface area contributed by atoms with Gasteiger partial charge in [0.05, 0.1) is 10.1 Å². The minimum atomic E-state index is -3.28. The molecule has 0 spiro atoms. The highest BCUT2D eigenvalue weighted by atomic mass is 32.2. The second-order valence-corrected chi connectivity index (χ2v) is 10.1. The van der Waals surface area contributed by atoms with Gasteiger partial charge in [0.15, 0.2) is 9.84 Å². The third-order valence-corrected chi connectivity index (χ3v) is 8.57. The summed E-state index contributed by atoms with van der Waals surface area (Å²) in [5.74, 6) is 0. The van der Waals surface area contributed by atoms with Gasteiger partial charge < -0.3 is 0 Å². The van der Waals surface area contributed by atoms with Gasteiger partial charge >= 0.3 is 0 Å². The Morgan fingerprint density at radius 3 is 2.00 bits per heavy atom. The van der Waals surface area contributed by atoms with E-state index in [1.165, 1.54) is 5.56 Å². The molecular formula is C20H24O2S2. The zero-order chi connectivity index (χ0) is 17.2. The summed E-state index contributed by atoms with van der Waals surface area (Å²) >= 11 is 1.73. The fraction of sp³-hybridized carbons (Fsp3) is 0.400. The summed E-state index contributed by atoms with van der Waals surface area (Å²) < 4.78 is 26.3. The van der Waals surface area contributed by atoms with Crippen LogP contribution in [0.1, 0.15) is 36.8 Å². The Hall–Kier alpha value is -1.26. The Kier molecular flexibility index (Phi) is 5.36. The lowest BCUT2D eigenvalue weighted by Crippen LogP contribution is -2.35. The summed E-state index contributed by atoms with van der Waals surface area (Å²) in [5.41, 5.74) is 2.31. The Balaban J connectivity index is 1.85. The lowest BCUT2D eigenvalue weighted by atomic mass is 10.00. The van der Waals surface area contributed by atoms with Gasteiger partial charge in [-0.1, -0.05) is 48.2 Å². The minimum absolute atomic E-state index is 0.132. The van der Waals surface area contributed by atoms with E-state index < -0.39 is 9.84 Å². The Labute approximate surface area is 149 Å². The molecule has 2 unspecified atom stereocenters. The highest BCUT2D eigenvalue weighted by Crippen LogP contribution is 2.39. The summed E-state index contributed by atoms with van der Waals surface area (Å²) in [6, 6.07) is 15.7. The Bertz CT molecular complexity index is 777. The molecule has 1 fully saturated rings. The summed E-state index contributed by atoms with van der Waals surface area (Å²) in [6.45, 7) is 4.05. The molecule has 0 aliphatic heterocycles. The number of rotatable bonds is 4. The van der Waals surface area contributed by atoms with Crippen LogP contribution in [0.15, 0.2) is 58.3 Å². The smallest absolute Gasteiger partial charge is 0.182 e. The highest BCUT2D eigenvalue weighted by Gasteiger charge is 2.37. The van der Waals surface area contributed by atoms with Gasteiger partial charge in [-0.2, -0.15) is 0 Å². The molecule has 0 aromatic heterocycles. The van der Waals surface area contributed by atoms with E-state index in [1.807, 2.05) is 19.1 Å². The maximum Gasteiger partial charge on any atom is 0.182 e. The summed E-state index contributed by atoms with van der Waals surface area (Å²) in [5, 5.41) is -0.159. The van der Waals surface area contributed by atoms with Gasteiger partial charge in [0.25, 0.3) is 0 Å². The van der Waals surface area contributed by atoms with Crippen LogP contribution in [0.4, 0.5) is 0 Å². The SMILES string of the molecule is Cc1ccc(SC2CCCCC2S(=O)(=O)c2ccc(C)cc2)cc1. The average molecular weight is 361 g/mol. The molecule has 24 heavy (non-hydrogen) atoms. The molecule has 2 nitrogen and oxygen atoms in total. The van der Waals surface area contributed by atoms with Crippen molar-refractivity contribution < 1.29 is 8.42 Å². The second kappa shape index (κ2) is 7.32. The molecule has 4 heteroatoms. The van der Waals surface area contributed by atoms with Gasteiger partial charge in [-0.15, -0.1) is 11.8 Å². The van der Waals surface area contributed by atoms with Crippen LogP contribution in [-0.2, 0) is 9.84 Å². The van der Waals surface area contributed by atoms with Crippen LogP contribution in [-0.4, -0.2) is 18.9 Å². The molecule has 0 N–H and O–H groups in total. The lowest BCUT2D eigenvalue weighted by Gasteiger charge is -2.31. The van der Waals surface area contributed by atoms with Crippen LogP contribution < -0.4 is 0 Å². The van der Waals surface area contributed by atoms with Gasteiger partial charge in [-0.3, -0.25) is 0 Å². The monoisotopic (exact) mass is 360 g/mol. The number of aryl methyl sites for hydroxylation is 2. The van der Waals surface area contributed by atoms with Gasteiger partial charge in [-0.05, 0) is 51.0 Å². The molecule has 2 aromatic carbocycles. The predicted molar refractivity (Wildman–Crippen MR) is 101 cm³/mol. The zero-order valence-corrected chi connectivity index (χ0v) is 15.9. The van der Waals surface area contributed by atoms with Gasteiger partial charge in [-0.25, -0.2) is 8.42 Å². The second-order valence-electron chi connectivity index (χ2n) is 6.65. The van der Waals surface area contributed by atoms with Crippen molar-refractivity contribution in [2.75, 3.05) is 0 Å². The van der Waals surface area contributed by atoms with E-state index in [1.54, 1.807) is 23.9 Å². The third-order valence-electron chi connectivity index (χ3n) is 4.70. The molecule has 0 saturated heterocycles. The van der Waals surface area contributed by atoms with Crippen molar-refractivity contribution >= 4 is 21.6 Å². The number of benzene rings is 2.